The van der Waals surface area contributed by atoms with Crippen LogP contribution in [-0.4, -0.2) is 57.7 Å². The van der Waals surface area contributed by atoms with Crippen molar-refractivity contribution in [2.45, 2.75) is 63.5 Å². The molecule has 10 heteroatoms. The molecule has 0 aliphatic heterocycles. The zero-order chi connectivity index (χ0) is 30.3. The molecule has 1 heterocycles. The zero-order valence-corrected chi connectivity index (χ0v) is 25.7. The van der Waals surface area contributed by atoms with E-state index in [1.165, 1.54) is 11.3 Å². The Hall–Kier alpha value is -3.23. The number of hydrogen-bond donors (Lipinski definition) is 3. The number of H-pyrrole nitrogens is 1. The number of nitrogens with zero attached hydrogens (tertiary/aromatic N) is 1. The minimum absolute atomic E-state index is 0.0856. The van der Waals surface area contributed by atoms with Crippen molar-refractivity contribution in [1.29, 1.82) is 0 Å². The predicted octanol–water partition coefficient (Wildman–Crippen LogP) is 6.48. The molecule has 228 valence electrons. The number of rotatable bonds is 10. The molecular formula is C33H37Cl2N3O5. The summed E-state index contributed by atoms with van der Waals surface area (Å²) in [5, 5.41) is 14.5. The standard InChI is InChI=1S/C33H37Cl2N3O5/c1-33(16-24-17-36-28-5-3-2-4-26(24)28,37-32(42)43-30-22-11-19-10-20(13-22)14-23(30)12-19)31(41)38(18-29(39)40)9-8-21-6-7-25(34)15-27(21)35/h2-7,15,17,19-20,22-23,30,36H,8-14,16,18H2,1H3,(H,37,42)(H,39,40). The Balaban J connectivity index is 1.25. The van der Waals surface area contributed by atoms with Gasteiger partial charge in [0, 0.05) is 40.1 Å². The number of alkyl carbamates (subject to hydrolysis) is 1. The second kappa shape index (κ2) is 12.0. The van der Waals surface area contributed by atoms with Crippen molar-refractivity contribution in [2.24, 2.45) is 23.7 Å². The van der Waals surface area contributed by atoms with E-state index in [0.717, 1.165) is 59.5 Å². The van der Waals surface area contributed by atoms with Gasteiger partial charge in [0.05, 0.1) is 0 Å². The highest BCUT2D eigenvalue weighted by Gasteiger charge is 2.50. The highest BCUT2D eigenvalue weighted by Crippen LogP contribution is 2.54. The first-order valence-electron chi connectivity index (χ1n) is 15.1. The number of aliphatic carboxylic acids is 1. The lowest BCUT2D eigenvalue weighted by Crippen LogP contribution is -2.61. The number of halogens is 2. The number of aromatic amines is 1. The third kappa shape index (κ3) is 6.36. The maximum absolute atomic E-state index is 14.3. The molecular weight excluding hydrogens is 589 g/mol. The molecule has 8 nitrogen and oxygen atoms in total. The van der Waals surface area contributed by atoms with E-state index >= 15 is 0 Å². The van der Waals surface area contributed by atoms with Crippen LogP contribution in [0.25, 0.3) is 10.9 Å². The van der Waals surface area contributed by atoms with Crippen LogP contribution in [0, 0.1) is 23.7 Å². The minimum atomic E-state index is -1.48. The summed E-state index contributed by atoms with van der Waals surface area (Å²) in [6, 6.07) is 12.8. The highest BCUT2D eigenvalue weighted by atomic mass is 35.5. The Morgan fingerprint density at radius 2 is 1.72 bits per heavy atom. The first kappa shape index (κ1) is 29.8. The van der Waals surface area contributed by atoms with Crippen molar-refractivity contribution >= 4 is 52.1 Å². The van der Waals surface area contributed by atoms with Gasteiger partial charge in [-0.05, 0) is 98.4 Å². The number of carbonyl (C=O) groups excluding carboxylic acids is 2. The maximum atomic E-state index is 14.3. The normalized spacial score (nSPS) is 25.3. The molecule has 43 heavy (non-hydrogen) atoms. The van der Waals surface area contributed by atoms with E-state index in [0.29, 0.717) is 28.3 Å². The topological polar surface area (TPSA) is 112 Å². The van der Waals surface area contributed by atoms with E-state index in [4.69, 9.17) is 27.9 Å². The molecule has 4 fully saturated rings. The Bertz CT molecular complexity index is 1510. The fraction of sp³-hybridized carbons (Fsp3) is 0.485. The number of carboxylic acid groups (broad SMARTS) is 1. The summed E-state index contributed by atoms with van der Waals surface area (Å²) < 4.78 is 6.12. The third-order valence-corrected chi connectivity index (χ3v) is 10.3. The number of para-hydroxylation sites is 1. The molecule has 1 aromatic heterocycles. The van der Waals surface area contributed by atoms with Crippen LogP contribution in [0.2, 0.25) is 10.0 Å². The second-order valence-electron chi connectivity index (χ2n) is 12.9. The van der Waals surface area contributed by atoms with Crippen LogP contribution in [0.5, 0.6) is 0 Å². The van der Waals surface area contributed by atoms with Crippen molar-refractivity contribution in [1.82, 2.24) is 15.2 Å². The molecule has 4 saturated carbocycles. The van der Waals surface area contributed by atoms with Gasteiger partial charge in [0.1, 0.15) is 18.2 Å². The third-order valence-electron chi connectivity index (χ3n) is 9.73. The van der Waals surface area contributed by atoms with E-state index < -0.39 is 30.1 Å². The molecule has 0 spiro atoms. The van der Waals surface area contributed by atoms with Crippen LogP contribution < -0.4 is 5.32 Å². The molecule has 4 aliphatic rings. The number of amides is 2. The predicted molar refractivity (Wildman–Crippen MR) is 165 cm³/mol. The van der Waals surface area contributed by atoms with Crippen LogP contribution in [-0.2, 0) is 27.2 Å². The molecule has 2 aromatic carbocycles. The summed E-state index contributed by atoms with van der Waals surface area (Å²) in [5.74, 6) is 0.541. The number of fused-ring (bicyclic) bond motifs is 1. The summed E-state index contributed by atoms with van der Waals surface area (Å²) in [5.41, 5.74) is 0.996. The molecule has 3 aromatic rings. The second-order valence-corrected chi connectivity index (χ2v) is 13.7. The average Bonchev–Trinajstić information content (AvgIpc) is 3.35. The van der Waals surface area contributed by atoms with E-state index in [-0.39, 0.29) is 19.1 Å². The fourth-order valence-electron chi connectivity index (χ4n) is 8.02. The number of hydrogen-bond acceptors (Lipinski definition) is 4. The summed E-state index contributed by atoms with van der Waals surface area (Å²) in [6.07, 6.45) is 7.17. The number of carboxylic acids is 1. The first-order chi connectivity index (χ1) is 20.6. The summed E-state index contributed by atoms with van der Waals surface area (Å²) in [4.78, 5) is 44.3. The zero-order valence-electron chi connectivity index (χ0n) is 24.2. The van der Waals surface area contributed by atoms with Crippen LogP contribution in [0.4, 0.5) is 4.79 Å². The van der Waals surface area contributed by atoms with Crippen LogP contribution in [0.1, 0.15) is 50.2 Å². The Labute approximate surface area is 261 Å². The van der Waals surface area contributed by atoms with E-state index in [1.54, 1.807) is 25.1 Å². The van der Waals surface area contributed by atoms with Gasteiger partial charge in [0.15, 0.2) is 0 Å². The van der Waals surface area contributed by atoms with Gasteiger partial charge in [-0.15, -0.1) is 0 Å². The largest absolute Gasteiger partial charge is 0.480 e. The average molecular weight is 627 g/mol. The molecule has 7 rings (SSSR count). The lowest BCUT2D eigenvalue weighted by molar-refractivity contribution is -0.147. The Kier molecular flexibility index (Phi) is 8.35. The van der Waals surface area contributed by atoms with E-state index in [1.807, 2.05) is 30.5 Å². The van der Waals surface area contributed by atoms with E-state index in [9.17, 15) is 19.5 Å². The molecule has 4 aliphatic carbocycles. The Morgan fingerprint density at radius 1 is 1.02 bits per heavy atom. The van der Waals surface area contributed by atoms with Crippen LogP contribution in [0.3, 0.4) is 0 Å². The van der Waals surface area contributed by atoms with Gasteiger partial charge in [-0.3, -0.25) is 9.59 Å². The van der Waals surface area contributed by atoms with Gasteiger partial charge in [-0.1, -0.05) is 47.5 Å². The molecule has 0 radical (unpaired) electrons. The van der Waals surface area contributed by atoms with Gasteiger partial charge in [-0.2, -0.15) is 0 Å². The minimum Gasteiger partial charge on any atom is -0.480 e. The molecule has 3 N–H and O–H groups in total. The number of carbonyl (C=O) groups is 3. The monoisotopic (exact) mass is 625 g/mol. The number of aromatic nitrogens is 1. The quantitative estimate of drug-likeness (QED) is 0.239. The van der Waals surface area contributed by atoms with Gasteiger partial charge in [0.2, 0.25) is 5.91 Å². The van der Waals surface area contributed by atoms with Crippen molar-refractivity contribution in [3.05, 3.63) is 69.8 Å². The Morgan fingerprint density at radius 3 is 2.40 bits per heavy atom. The summed E-state index contributed by atoms with van der Waals surface area (Å²) >= 11 is 12.4. The highest BCUT2D eigenvalue weighted by molar-refractivity contribution is 6.35. The van der Waals surface area contributed by atoms with Crippen LogP contribution in [0.15, 0.2) is 48.7 Å². The molecule has 1 atom stereocenters. The lowest BCUT2D eigenvalue weighted by atomic mass is 9.55. The number of ether oxygens (including phenoxy) is 1. The number of benzene rings is 2. The fourth-order valence-corrected chi connectivity index (χ4v) is 8.53. The lowest BCUT2D eigenvalue weighted by Gasteiger charge is -2.53. The van der Waals surface area contributed by atoms with Crippen molar-refractivity contribution in [2.75, 3.05) is 13.1 Å². The smallest absolute Gasteiger partial charge is 0.408 e. The molecule has 4 bridgehead atoms. The van der Waals surface area contributed by atoms with Crippen molar-refractivity contribution in [3.63, 3.8) is 0 Å². The first-order valence-corrected chi connectivity index (χ1v) is 15.8. The van der Waals surface area contributed by atoms with Crippen molar-refractivity contribution in [3.8, 4) is 0 Å². The van der Waals surface area contributed by atoms with Crippen LogP contribution >= 0.6 is 23.2 Å². The van der Waals surface area contributed by atoms with Gasteiger partial charge < -0.3 is 25.0 Å². The molecule has 0 saturated heterocycles. The van der Waals surface area contributed by atoms with Gasteiger partial charge in [-0.25, -0.2) is 4.79 Å². The molecule has 2 amide bonds. The van der Waals surface area contributed by atoms with Crippen molar-refractivity contribution < 1.29 is 24.2 Å². The molecule has 1 unspecified atom stereocenters. The SMILES string of the molecule is CC(Cc1c[nH]c2ccccc12)(NC(=O)OC1C2CC3CC(C2)CC1C3)C(=O)N(CCc1ccc(Cl)cc1Cl)CC(=O)O. The van der Waals surface area contributed by atoms with Gasteiger partial charge >= 0.3 is 12.1 Å². The maximum Gasteiger partial charge on any atom is 0.408 e. The summed E-state index contributed by atoms with van der Waals surface area (Å²) in [7, 11) is 0. The number of nitrogens with one attached hydrogen (secondary N) is 2. The summed E-state index contributed by atoms with van der Waals surface area (Å²) in [6.45, 7) is 1.21. The van der Waals surface area contributed by atoms with E-state index in [2.05, 4.69) is 10.3 Å². The van der Waals surface area contributed by atoms with Gasteiger partial charge in [0.25, 0.3) is 0 Å².